The van der Waals surface area contributed by atoms with Crippen molar-refractivity contribution in [2.45, 2.75) is 11.5 Å². The highest BCUT2D eigenvalue weighted by molar-refractivity contribution is 8.04. The van der Waals surface area contributed by atoms with Crippen LogP contribution in [-0.4, -0.2) is 35.0 Å². The molecule has 13 heavy (non-hydrogen) atoms. The van der Waals surface area contributed by atoms with E-state index in [0.29, 0.717) is 0 Å². The zero-order valence-electron chi connectivity index (χ0n) is 6.67. The summed E-state index contributed by atoms with van der Waals surface area (Å²) in [6.45, 7) is -0.111. The van der Waals surface area contributed by atoms with Crippen LogP contribution in [0.5, 0.6) is 0 Å². The first-order valence-electron chi connectivity index (χ1n) is 3.20. The van der Waals surface area contributed by atoms with Gasteiger partial charge in [-0.1, -0.05) is 0 Å². The lowest BCUT2D eigenvalue weighted by molar-refractivity contribution is -0.0522. The number of hydrogen-bond donors (Lipinski definition) is 0. The third-order valence-corrected chi connectivity index (χ3v) is 5.29. The van der Waals surface area contributed by atoms with Gasteiger partial charge in [-0.25, -0.2) is 8.37 Å². The van der Waals surface area contributed by atoms with Crippen LogP contribution in [0.15, 0.2) is 0 Å². The van der Waals surface area contributed by atoms with Crippen molar-refractivity contribution in [3.63, 3.8) is 0 Å². The molecule has 0 amide bonds. The van der Waals surface area contributed by atoms with E-state index in [1.54, 1.807) is 0 Å². The first kappa shape index (κ1) is 10.9. The van der Waals surface area contributed by atoms with E-state index in [1.807, 2.05) is 0 Å². The van der Waals surface area contributed by atoms with Crippen LogP contribution in [0.4, 0.5) is 0 Å². The Morgan fingerprint density at radius 1 is 1.00 bits per heavy atom. The summed E-state index contributed by atoms with van der Waals surface area (Å²) < 4.78 is 55.1. The van der Waals surface area contributed by atoms with E-state index in [2.05, 4.69) is 13.1 Å². The fourth-order valence-corrected chi connectivity index (χ4v) is 2.85. The second-order valence-corrected chi connectivity index (χ2v) is 6.38. The molecule has 0 aromatic carbocycles. The smallest absolute Gasteiger partial charge is 0.289 e. The molecule has 1 aliphatic heterocycles. The van der Waals surface area contributed by atoms with Crippen LogP contribution in [0.1, 0.15) is 6.92 Å². The third kappa shape index (κ3) is 2.38. The van der Waals surface area contributed by atoms with Crippen molar-refractivity contribution in [1.82, 2.24) is 0 Å². The van der Waals surface area contributed by atoms with Crippen LogP contribution in [0.25, 0.3) is 0 Å². The van der Waals surface area contributed by atoms with E-state index in [1.165, 1.54) is 0 Å². The fraction of sp³-hybridized carbons (Fsp3) is 1.00. The van der Waals surface area contributed by atoms with Gasteiger partial charge < -0.3 is 4.74 Å². The number of rotatable bonds is 0. The highest BCUT2D eigenvalue weighted by atomic mass is 32.3. The largest absolute Gasteiger partial charge is 0.327 e. The second-order valence-electron chi connectivity index (χ2n) is 2.23. The van der Waals surface area contributed by atoms with Crippen LogP contribution >= 0.6 is 0 Å². The molecule has 1 aliphatic rings. The van der Waals surface area contributed by atoms with Gasteiger partial charge in [-0.2, -0.15) is 16.8 Å². The standard InChI is InChI=1S/C4H8O7S2/c1-4-12(5,6)10-2-9-3-11-13(4,7)8/h4H,2-3H2,1H3. The maximum Gasteiger partial charge on any atom is 0.289 e. The number of ether oxygens (including phenoxy) is 1. The first-order chi connectivity index (χ1) is 5.86. The summed E-state index contributed by atoms with van der Waals surface area (Å²) in [5.74, 6) is 0. The molecule has 78 valence electrons. The SMILES string of the molecule is CC1S(=O)(=O)OCOCOS1(=O)=O. The van der Waals surface area contributed by atoms with E-state index in [-0.39, 0.29) is 0 Å². The molecule has 9 heteroatoms. The van der Waals surface area contributed by atoms with Crippen molar-refractivity contribution in [3.8, 4) is 0 Å². The van der Waals surface area contributed by atoms with Crippen LogP contribution < -0.4 is 0 Å². The van der Waals surface area contributed by atoms with E-state index >= 15 is 0 Å². The van der Waals surface area contributed by atoms with Crippen molar-refractivity contribution in [2.75, 3.05) is 13.6 Å². The molecule has 0 aromatic heterocycles. The average Bonchev–Trinajstić information content (AvgIpc) is 2.01. The van der Waals surface area contributed by atoms with Gasteiger partial charge in [0.15, 0.2) is 13.6 Å². The summed E-state index contributed by atoms with van der Waals surface area (Å²) in [7, 11) is -8.33. The molecule has 0 aromatic rings. The predicted octanol–water partition coefficient (Wildman–Crippen LogP) is -1.03. The third-order valence-electron chi connectivity index (χ3n) is 1.40. The Morgan fingerprint density at radius 2 is 1.38 bits per heavy atom. The van der Waals surface area contributed by atoms with E-state index in [0.717, 1.165) is 6.92 Å². The highest BCUT2D eigenvalue weighted by Gasteiger charge is 2.37. The molecular weight excluding hydrogens is 224 g/mol. The van der Waals surface area contributed by atoms with Gasteiger partial charge in [-0.05, 0) is 6.92 Å². The molecule has 0 saturated carbocycles. The van der Waals surface area contributed by atoms with Gasteiger partial charge in [0.25, 0.3) is 20.2 Å². The molecule has 0 atom stereocenters. The van der Waals surface area contributed by atoms with Crippen LogP contribution in [-0.2, 0) is 33.3 Å². The van der Waals surface area contributed by atoms with Gasteiger partial charge >= 0.3 is 0 Å². The van der Waals surface area contributed by atoms with Gasteiger partial charge in [0.05, 0.1) is 0 Å². The van der Waals surface area contributed by atoms with Gasteiger partial charge in [-0.15, -0.1) is 0 Å². The molecule has 1 heterocycles. The molecule has 0 N–H and O–H groups in total. The monoisotopic (exact) mass is 232 g/mol. The molecule has 0 unspecified atom stereocenters. The Labute approximate surface area is 75.8 Å². The minimum Gasteiger partial charge on any atom is -0.327 e. The van der Waals surface area contributed by atoms with Gasteiger partial charge in [-0.3, -0.25) is 0 Å². The van der Waals surface area contributed by atoms with Crippen molar-refractivity contribution < 1.29 is 29.9 Å². The zero-order valence-corrected chi connectivity index (χ0v) is 8.30. The van der Waals surface area contributed by atoms with E-state index < -0.39 is 38.4 Å². The molecule has 1 rings (SSSR count). The predicted molar refractivity (Wildman–Crippen MR) is 40.3 cm³/mol. The molecule has 0 aliphatic carbocycles. The maximum atomic E-state index is 11.0. The maximum absolute atomic E-state index is 11.0. The average molecular weight is 232 g/mol. The molecular formula is C4H8O7S2. The van der Waals surface area contributed by atoms with Crippen LogP contribution in [0.3, 0.4) is 0 Å². The van der Waals surface area contributed by atoms with Gasteiger partial charge in [0.2, 0.25) is 4.58 Å². The van der Waals surface area contributed by atoms with Gasteiger partial charge in [0, 0.05) is 0 Å². The lowest BCUT2D eigenvalue weighted by Crippen LogP contribution is -2.34. The minimum absolute atomic E-state index is 0.539. The molecule has 7 nitrogen and oxygen atoms in total. The summed E-state index contributed by atoms with van der Waals surface area (Å²) >= 11 is 0. The van der Waals surface area contributed by atoms with Crippen molar-refractivity contribution in [2.24, 2.45) is 0 Å². The minimum atomic E-state index is -4.17. The van der Waals surface area contributed by atoms with Crippen LogP contribution in [0.2, 0.25) is 0 Å². The summed E-state index contributed by atoms with van der Waals surface area (Å²) in [6, 6.07) is 0. The normalized spacial score (nSPS) is 29.0. The van der Waals surface area contributed by atoms with Gasteiger partial charge in [0.1, 0.15) is 0 Å². The quantitative estimate of drug-likeness (QED) is 0.493. The second kappa shape index (κ2) is 3.50. The van der Waals surface area contributed by atoms with Crippen molar-refractivity contribution in [3.05, 3.63) is 0 Å². The van der Waals surface area contributed by atoms with Crippen LogP contribution in [0, 0.1) is 0 Å². The number of hydrogen-bond acceptors (Lipinski definition) is 7. The summed E-state index contributed by atoms with van der Waals surface area (Å²) in [6.07, 6.45) is 0. The molecule has 1 fully saturated rings. The Balaban J connectivity index is 3.05. The molecule has 0 radical (unpaired) electrons. The Hall–Kier alpha value is -0.220. The lowest BCUT2D eigenvalue weighted by Gasteiger charge is -2.16. The van der Waals surface area contributed by atoms with E-state index in [4.69, 9.17) is 0 Å². The first-order valence-corrected chi connectivity index (χ1v) is 6.15. The molecule has 0 bridgehead atoms. The van der Waals surface area contributed by atoms with E-state index in [9.17, 15) is 16.8 Å². The lowest BCUT2D eigenvalue weighted by atomic mass is 11.0. The molecule has 1 saturated heterocycles. The Morgan fingerprint density at radius 3 is 1.77 bits per heavy atom. The fourth-order valence-electron chi connectivity index (χ4n) is 0.572. The molecule has 0 spiro atoms. The van der Waals surface area contributed by atoms with Crippen molar-refractivity contribution in [1.29, 1.82) is 0 Å². The zero-order chi connectivity index (χ0) is 10.1. The Kier molecular flexibility index (Phi) is 2.92. The summed E-state index contributed by atoms with van der Waals surface area (Å²) in [5, 5.41) is 0. The summed E-state index contributed by atoms with van der Waals surface area (Å²) in [4.78, 5) is 0. The topological polar surface area (TPSA) is 96.0 Å². The Bertz CT molecular complexity index is 329. The summed E-state index contributed by atoms with van der Waals surface area (Å²) in [5.41, 5.74) is 0. The highest BCUT2D eigenvalue weighted by Crippen LogP contribution is 2.15. The van der Waals surface area contributed by atoms with Crippen molar-refractivity contribution >= 4 is 20.2 Å².